The summed E-state index contributed by atoms with van der Waals surface area (Å²) in [5.74, 6) is 0.869. The fourth-order valence-electron chi connectivity index (χ4n) is 4.09. The summed E-state index contributed by atoms with van der Waals surface area (Å²) in [5.41, 5.74) is -0.345. The van der Waals surface area contributed by atoms with Crippen LogP contribution in [0.15, 0.2) is 4.99 Å². The van der Waals surface area contributed by atoms with Gasteiger partial charge in [0, 0.05) is 46.8 Å². The first-order valence-electron chi connectivity index (χ1n) is 9.56. The second-order valence-corrected chi connectivity index (χ2v) is 7.72. The smallest absolute Gasteiger partial charge is 0.251 e. The van der Waals surface area contributed by atoms with Gasteiger partial charge in [-0.2, -0.15) is 0 Å². The van der Waals surface area contributed by atoms with Gasteiger partial charge in [-0.15, -0.1) is 24.0 Å². The molecule has 2 N–H and O–H groups in total. The first-order valence-corrected chi connectivity index (χ1v) is 9.56. The van der Waals surface area contributed by atoms with E-state index in [-0.39, 0.29) is 47.9 Å². The highest BCUT2D eigenvalue weighted by molar-refractivity contribution is 14.0. The molecule has 1 saturated carbocycles. The summed E-state index contributed by atoms with van der Waals surface area (Å²) >= 11 is 0. The maximum atomic E-state index is 12.6. The second kappa shape index (κ2) is 11.3. The first-order chi connectivity index (χ1) is 12.4. The van der Waals surface area contributed by atoms with Crippen LogP contribution < -0.4 is 10.6 Å². The predicted octanol–water partition coefficient (Wildman–Crippen LogP) is 2.15. The Kier molecular flexibility index (Phi) is 10.2. The number of likely N-dealkylation sites (tertiary alicyclic amines) is 1. The number of aliphatic imine (C=N–C) groups is 1. The fourth-order valence-corrected chi connectivity index (χ4v) is 4.09. The van der Waals surface area contributed by atoms with E-state index in [0.717, 1.165) is 38.5 Å². The summed E-state index contributed by atoms with van der Waals surface area (Å²) in [4.78, 5) is 20.4. The lowest BCUT2D eigenvalue weighted by Crippen LogP contribution is -2.52. The summed E-state index contributed by atoms with van der Waals surface area (Å²) in [5, 5.41) is 6.73. The van der Waals surface area contributed by atoms with Crippen molar-refractivity contribution in [2.75, 3.05) is 47.3 Å². The third-order valence-electron chi connectivity index (χ3n) is 5.56. The van der Waals surface area contributed by atoms with Gasteiger partial charge in [0.2, 0.25) is 5.91 Å². The molecular formula is C18H34F2IN5O. The largest absolute Gasteiger partial charge is 0.355 e. The van der Waals surface area contributed by atoms with E-state index in [2.05, 4.69) is 15.6 Å². The highest BCUT2D eigenvalue weighted by Crippen LogP contribution is 2.38. The average molecular weight is 501 g/mol. The Bertz CT molecular complexity index is 490. The van der Waals surface area contributed by atoms with E-state index < -0.39 is 6.43 Å². The summed E-state index contributed by atoms with van der Waals surface area (Å²) in [7, 11) is 5.33. The van der Waals surface area contributed by atoms with E-state index >= 15 is 0 Å². The molecule has 0 bridgehead atoms. The van der Waals surface area contributed by atoms with Crippen molar-refractivity contribution in [3.63, 3.8) is 0 Å². The SMILES string of the molecule is CN=C(NCC1(C(=O)N(C)C)CCCC1)NC1CCN(CC(F)F)CC1.I. The number of nitrogens with zero attached hydrogens (tertiary/aromatic N) is 3. The zero-order valence-corrected chi connectivity index (χ0v) is 19.0. The quantitative estimate of drug-likeness (QED) is 0.333. The molecule has 0 radical (unpaired) electrons. The van der Waals surface area contributed by atoms with Crippen molar-refractivity contribution >= 4 is 35.8 Å². The molecule has 1 amide bonds. The second-order valence-electron chi connectivity index (χ2n) is 7.72. The minimum absolute atomic E-state index is 0. The number of rotatable bonds is 6. The number of guanidine groups is 1. The Morgan fingerprint density at radius 1 is 1.26 bits per heavy atom. The van der Waals surface area contributed by atoms with Gasteiger partial charge in [-0.3, -0.25) is 14.7 Å². The summed E-state index contributed by atoms with van der Waals surface area (Å²) in [6, 6.07) is 0.221. The Morgan fingerprint density at radius 2 is 1.85 bits per heavy atom. The van der Waals surface area contributed by atoms with E-state index in [1.54, 1.807) is 11.9 Å². The number of alkyl halides is 2. The van der Waals surface area contributed by atoms with Crippen LogP contribution in [0.4, 0.5) is 8.78 Å². The van der Waals surface area contributed by atoms with Crippen molar-refractivity contribution < 1.29 is 13.6 Å². The fraction of sp³-hybridized carbons (Fsp3) is 0.889. The third kappa shape index (κ3) is 6.99. The number of carbonyl (C=O) groups excluding carboxylic acids is 1. The molecular weight excluding hydrogens is 467 g/mol. The normalized spacial score (nSPS) is 21.0. The molecule has 2 fully saturated rings. The Labute approximate surface area is 178 Å². The number of hydrogen-bond acceptors (Lipinski definition) is 3. The maximum Gasteiger partial charge on any atom is 0.251 e. The van der Waals surface area contributed by atoms with Crippen molar-refractivity contribution in [2.24, 2.45) is 10.4 Å². The van der Waals surface area contributed by atoms with Crippen molar-refractivity contribution in [2.45, 2.75) is 51.0 Å². The summed E-state index contributed by atoms with van der Waals surface area (Å²) < 4.78 is 24.9. The van der Waals surface area contributed by atoms with Gasteiger partial charge >= 0.3 is 0 Å². The number of amides is 1. The van der Waals surface area contributed by atoms with Gasteiger partial charge in [-0.25, -0.2) is 8.78 Å². The van der Waals surface area contributed by atoms with Crippen LogP contribution in [-0.2, 0) is 4.79 Å². The van der Waals surface area contributed by atoms with Crippen LogP contribution >= 0.6 is 24.0 Å². The van der Waals surface area contributed by atoms with Gasteiger partial charge in [0.15, 0.2) is 5.96 Å². The Balaban J connectivity index is 0.00000364. The van der Waals surface area contributed by atoms with Gasteiger partial charge in [0.25, 0.3) is 6.43 Å². The molecule has 0 atom stereocenters. The summed E-state index contributed by atoms with van der Waals surface area (Å²) in [6.07, 6.45) is 3.32. The Hall–Kier alpha value is -0.710. The van der Waals surface area contributed by atoms with E-state index in [1.807, 2.05) is 19.0 Å². The van der Waals surface area contributed by atoms with Crippen LogP contribution in [0.5, 0.6) is 0 Å². The van der Waals surface area contributed by atoms with Crippen molar-refractivity contribution in [1.29, 1.82) is 0 Å². The van der Waals surface area contributed by atoms with Crippen LogP contribution in [0.25, 0.3) is 0 Å². The van der Waals surface area contributed by atoms with Crippen molar-refractivity contribution in [3.05, 3.63) is 0 Å². The first kappa shape index (κ1) is 24.3. The molecule has 0 unspecified atom stereocenters. The minimum Gasteiger partial charge on any atom is -0.355 e. The topological polar surface area (TPSA) is 60.0 Å². The van der Waals surface area contributed by atoms with Gasteiger partial charge in [-0.1, -0.05) is 12.8 Å². The highest BCUT2D eigenvalue weighted by atomic mass is 127. The van der Waals surface area contributed by atoms with Crippen LogP contribution in [0.3, 0.4) is 0 Å². The third-order valence-corrected chi connectivity index (χ3v) is 5.56. The molecule has 0 aromatic rings. The van der Waals surface area contributed by atoms with E-state index in [9.17, 15) is 13.6 Å². The molecule has 1 saturated heterocycles. The van der Waals surface area contributed by atoms with Crippen molar-refractivity contribution in [3.8, 4) is 0 Å². The lowest BCUT2D eigenvalue weighted by Gasteiger charge is -2.34. The standard InChI is InChI=1S/C18H33F2N5O.HI/c1-21-17(23-14-6-10-25(11-7-14)12-15(19)20)22-13-18(8-4-5-9-18)16(26)24(2)3;/h14-15H,4-13H2,1-3H3,(H2,21,22,23);1H. The number of halogens is 3. The zero-order chi connectivity index (χ0) is 19.2. The monoisotopic (exact) mass is 501 g/mol. The summed E-state index contributed by atoms with van der Waals surface area (Å²) in [6.45, 7) is 1.77. The zero-order valence-electron chi connectivity index (χ0n) is 16.6. The minimum atomic E-state index is -2.27. The number of piperidine rings is 1. The molecule has 158 valence electrons. The van der Waals surface area contributed by atoms with Gasteiger partial charge in [0.05, 0.1) is 12.0 Å². The molecule has 2 rings (SSSR count). The van der Waals surface area contributed by atoms with Gasteiger partial charge in [0.1, 0.15) is 0 Å². The molecule has 1 aliphatic heterocycles. The molecule has 0 aromatic heterocycles. The van der Waals surface area contributed by atoms with Gasteiger partial charge < -0.3 is 15.5 Å². The van der Waals surface area contributed by atoms with E-state index in [1.165, 1.54) is 0 Å². The number of carbonyl (C=O) groups is 1. The Morgan fingerprint density at radius 3 is 2.33 bits per heavy atom. The molecule has 1 aliphatic carbocycles. The van der Waals surface area contributed by atoms with Crippen molar-refractivity contribution in [1.82, 2.24) is 20.4 Å². The molecule has 0 aromatic carbocycles. The lowest BCUT2D eigenvalue weighted by molar-refractivity contribution is -0.138. The van der Waals surface area contributed by atoms with E-state index in [0.29, 0.717) is 25.6 Å². The van der Waals surface area contributed by atoms with Gasteiger partial charge in [-0.05, 0) is 25.7 Å². The maximum absolute atomic E-state index is 12.6. The molecule has 0 spiro atoms. The van der Waals surface area contributed by atoms with E-state index in [4.69, 9.17) is 0 Å². The highest BCUT2D eigenvalue weighted by Gasteiger charge is 2.42. The molecule has 2 aliphatic rings. The van der Waals surface area contributed by atoms with Crippen LogP contribution in [-0.4, -0.2) is 81.5 Å². The average Bonchev–Trinajstić information content (AvgIpc) is 3.09. The molecule has 6 nitrogen and oxygen atoms in total. The number of nitrogens with one attached hydrogen (secondary N) is 2. The molecule has 9 heteroatoms. The number of hydrogen-bond donors (Lipinski definition) is 2. The van der Waals surface area contributed by atoms with Crippen LogP contribution in [0.1, 0.15) is 38.5 Å². The lowest BCUT2D eigenvalue weighted by atomic mass is 9.84. The molecule has 27 heavy (non-hydrogen) atoms. The molecule has 1 heterocycles. The van der Waals surface area contributed by atoms with Crippen LogP contribution in [0.2, 0.25) is 0 Å². The predicted molar refractivity (Wildman–Crippen MR) is 115 cm³/mol. The van der Waals surface area contributed by atoms with Crippen LogP contribution in [0, 0.1) is 5.41 Å².